The predicted octanol–water partition coefficient (Wildman–Crippen LogP) is 2.95. The average Bonchev–Trinajstić information content (AvgIpc) is 3.08. The van der Waals surface area contributed by atoms with Crippen LogP contribution in [0.1, 0.15) is 23.0 Å². The zero-order valence-electron chi connectivity index (χ0n) is 12.8. The van der Waals surface area contributed by atoms with Crippen LogP contribution in [0, 0.1) is 0 Å². The maximum atomic E-state index is 12.4. The lowest BCUT2D eigenvalue weighted by Gasteiger charge is -2.10. The third kappa shape index (κ3) is 5.57. The van der Waals surface area contributed by atoms with Crippen LogP contribution in [0.25, 0.3) is 0 Å². The summed E-state index contributed by atoms with van der Waals surface area (Å²) in [5.74, 6) is -1.93. The van der Waals surface area contributed by atoms with Crippen molar-refractivity contribution < 1.29 is 27.9 Å². The zero-order chi connectivity index (χ0) is 18.4. The van der Waals surface area contributed by atoms with Crippen LogP contribution in [-0.2, 0) is 15.8 Å². The summed E-state index contributed by atoms with van der Waals surface area (Å²) in [5.41, 5.74) is -0.774. The fourth-order valence-corrected chi connectivity index (χ4v) is 2.70. The van der Waals surface area contributed by atoms with Crippen LogP contribution in [-0.4, -0.2) is 23.5 Å². The standard InChI is InChI=1S/C16H15F3N2O3S/c17-16(18,19)10-3-5-11(6-4-10)21-15(24)14(23)20-8-7-12(22)13-2-1-9-25-13/h1-6,9,12,22H,7-8H2,(H,20,23)(H,21,24). The van der Waals surface area contributed by atoms with Crippen molar-refractivity contribution in [3.63, 3.8) is 0 Å². The second kappa shape index (κ2) is 8.13. The first-order valence-electron chi connectivity index (χ1n) is 7.25. The molecule has 0 aliphatic rings. The van der Waals surface area contributed by atoms with E-state index < -0.39 is 29.7 Å². The van der Waals surface area contributed by atoms with Crippen molar-refractivity contribution >= 4 is 28.8 Å². The lowest BCUT2D eigenvalue weighted by Crippen LogP contribution is -2.36. The number of thiophene rings is 1. The Morgan fingerprint density at radius 1 is 1.12 bits per heavy atom. The van der Waals surface area contributed by atoms with E-state index in [1.54, 1.807) is 12.1 Å². The molecule has 0 radical (unpaired) electrons. The first kappa shape index (κ1) is 18.9. The highest BCUT2D eigenvalue weighted by molar-refractivity contribution is 7.10. The summed E-state index contributed by atoms with van der Waals surface area (Å²) < 4.78 is 37.3. The van der Waals surface area contributed by atoms with Crippen LogP contribution in [0.4, 0.5) is 18.9 Å². The number of carbonyl (C=O) groups is 2. The van der Waals surface area contributed by atoms with Gasteiger partial charge in [0.1, 0.15) is 0 Å². The molecule has 0 spiro atoms. The van der Waals surface area contributed by atoms with Gasteiger partial charge in [-0.25, -0.2) is 0 Å². The molecule has 1 unspecified atom stereocenters. The molecule has 0 saturated carbocycles. The van der Waals surface area contributed by atoms with E-state index in [-0.39, 0.29) is 18.7 Å². The van der Waals surface area contributed by atoms with Gasteiger partial charge < -0.3 is 15.7 Å². The van der Waals surface area contributed by atoms with Crippen molar-refractivity contribution in [2.24, 2.45) is 0 Å². The Balaban J connectivity index is 1.79. The molecule has 0 saturated heterocycles. The van der Waals surface area contributed by atoms with E-state index in [0.717, 1.165) is 29.1 Å². The highest BCUT2D eigenvalue weighted by atomic mass is 32.1. The number of anilines is 1. The maximum absolute atomic E-state index is 12.4. The molecular formula is C16H15F3N2O3S. The number of halogens is 3. The van der Waals surface area contributed by atoms with Gasteiger partial charge >= 0.3 is 18.0 Å². The number of aliphatic hydroxyl groups excluding tert-OH is 1. The van der Waals surface area contributed by atoms with Crippen LogP contribution in [0.5, 0.6) is 0 Å². The van der Waals surface area contributed by atoms with Crippen LogP contribution < -0.4 is 10.6 Å². The molecular weight excluding hydrogens is 357 g/mol. The zero-order valence-corrected chi connectivity index (χ0v) is 13.7. The van der Waals surface area contributed by atoms with Gasteiger partial charge in [0.15, 0.2) is 0 Å². The second-order valence-electron chi connectivity index (χ2n) is 5.11. The van der Waals surface area contributed by atoms with Crippen molar-refractivity contribution in [3.05, 3.63) is 52.2 Å². The van der Waals surface area contributed by atoms with Gasteiger partial charge in [0.05, 0.1) is 11.7 Å². The van der Waals surface area contributed by atoms with Crippen molar-refractivity contribution in [1.29, 1.82) is 0 Å². The van der Waals surface area contributed by atoms with Crippen LogP contribution in [0.15, 0.2) is 41.8 Å². The highest BCUT2D eigenvalue weighted by Crippen LogP contribution is 2.29. The largest absolute Gasteiger partial charge is 0.416 e. The third-order valence-electron chi connectivity index (χ3n) is 3.25. The number of hydrogen-bond acceptors (Lipinski definition) is 4. The van der Waals surface area contributed by atoms with E-state index in [4.69, 9.17) is 0 Å². The van der Waals surface area contributed by atoms with E-state index >= 15 is 0 Å². The summed E-state index contributed by atoms with van der Waals surface area (Å²) in [6.45, 7) is 0.0817. The monoisotopic (exact) mass is 372 g/mol. The fourth-order valence-electron chi connectivity index (χ4n) is 1.96. The van der Waals surface area contributed by atoms with Gasteiger partial charge in [-0.2, -0.15) is 13.2 Å². The molecule has 5 nitrogen and oxygen atoms in total. The molecule has 2 rings (SSSR count). The van der Waals surface area contributed by atoms with E-state index in [2.05, 4.69) is 10.6 Å². The van der Waals surface area contributed by atoms with Crippen molar-refractivity contribution in [2.75, 3.05) is 11.9 Å². The fraction of sp³-hybridized carbons (Fsp3) is 0.250. The Morgan fingerprint density at radius 3 is 2.36 bits per heavy atom. The summed E-state index contributed by atoms with van der Waals surface area (Å²) >= 11 is 1.38. The molecule has 1 aromatic heterocycles. The Hall–Kier alpha value is -2.39. The maximum Gasteiger partial charge on any atom is 0.416 e. The number of amides is 2. The Morgan fingerprint density at radius 2 is 1.80 bits per heavy atom. The van der Waals surface area contributed by atoms with Gasteiger partial charge in [0.2, 0.25) is 0 Å². The number of alkyl halides is 3. The minimum Gasteiger partial charge on any atom is -0.388 e. The predicted molar refractivity (Wildman–Crippen MR) is 87.0 cm³/mol. The van der Waals surface area contributed by atoms with Crippen molar-refractivity contribution in [3.8, 4) is 0 Å². The topological polar surface area (TPSA) is 78.4 Å². The Bertz CT molecular complexity index is 715. The summed E-state index contributed by atoms with van der Waals surface area (Å²) in [7, 11) is 0. The number of nitrogens with one attached hydrogen (secondary N) is 2. The average molecular weight is 372 g/mol. The van der Waals surface area contributed by atoms with Gasteiger partial charge in [0, 0.05) is 17.1 Å². The molecule has 3 N–H and O–H groups in total. The van der Waals surface area contributed by atoms with Gasteiger partial charge in [-0.15, -0.1) is 11.3 Å². The first-order valence-corrected chi connectivity index (χ1v) is 8.13. The van der Waals surface area contributed by atoms with E-state index in [1.165, 1.54) is 11.3 Å². The van der Waals surface area contributed by atoms with E-state index in [1.807, 2.05) is 5.38 Å². The molecule has 0 bridgehead atoms. The summed E-state index contributed by atoms with van der Waals surface area (Å²) in [6.07, 6.45) is -4.97. The molecule has 25 heavy (non-hydrogen) atoms. The number of benzene rings is 1. The quantitative estimate of drug-likeness (QED) is 0.706. The lowest BCUT2D eigenvalue weighted by molar-refractivity contribution is -0.137. The highest BCUT2D eigenvalue weighted by Gasteiger charge is 2.30. The minimum absolute atomic E-state index is 0.0757. The van der Waals surface area contributed by atoms with Gasteiger partial charge in [-0.3, -0.25) is 9.59 Å². The molecule has 0 aliphatic heterocycles. The van der Waals surface area contributed by atoms with E-state index in [9.17, 15) is 27.9 Å². The van der Waals surface area contributed by atoms with Crippen LogP contribution >= 0.6 is 11.3 Å². The second-order valence-corrected chi connectivity index (χ2v) is 6.08. The van der Waals surface area contributed by atoms with Gasteiger partial charge in [-0.05, 0) is 42.1 Å². The first-order chi connectivity index (χ1) is 11.8. The summed E-state index contributed by atoms with van der Waals surface area (Å²) in [4.78, 5) is 24.1. The normalized spacial score (nSPS) is 12.5. The van der Waals surface area contributed by atoms with Gasteiger partial charge in [-0.1, -0.05) is 6.07 Å². The van der Waals surface area contributed by atoms with Crippen LogP contribution in [0.3, 0.4) is 0 Å². The Kier molecular flexibility index (Phi) is 6.16. The van der Waals surface area contributed by atoms with Crippen molar-refractivity contribution in [2.45, 2.75) is 18.7 Å². The minimum atomic E-state index is -4.47. The molecule has 2 aromatic rings. The molecule has 1 atom stereocenters. The SMILES string of the molecule is O=C(NCCC(O)c1cccs1)C(=O)Nc1ccc(C(F)(F)F)cc1. The molecule has 1 heterocycles. The lowest BCUT2D eigenvalue weighted by atomic mass is 10.2. The van der Waals surface area contributed by atoms with Crippen molar-refractivity contribution in [1.82, 2.24) is 5.32 Å². The van der Waals surface area contributed by atoms with Crippen LogP contribution in [0.2, 0.25) is 0 Å². The molecule has 134 valence electrons. The van der Waals surface area contributed by atoms with E-state index in [0.29, 0.717) is 0 Å². The van der Waals surface area contributed by atoms with Gasteiger partial charge in [0.25, 0.3) is 0 Å². The Labute approximate surface area is 145 Å². The number of hydrogen-bond donors (Lipinski definition) is 3. The molecule has 0 fully saturated rings. The summed E-state index contributed by atoms with van der Waals surface area (Å²) in [6, 6.07) is 7.30. The molecule has 1 aromatic carbocycles. The summed E-state index contributed by atoms with van der Waals surface area (Å²) in [5, 5.41) is 16.2. The smallest absolute Gasteiger partial charge is 0.388 e. The molecule has 2 amide bonds. The number of aliphatic hydroxyl groups is 1. The number of rotatable bonds is 5. The number of carbonyl (C=O) groups excluding carboxylic acids is 2. The molecule has 9 heteroatoms. The third-order valence-corrected chi connectivity index (χ3v) is 4.22. The molecule has 0 aliphatic carbocycles.